The van der Waals surface area contributed by atoms with Crippen LogP contribution in [0.25, 0.3) is 0 Å². The average Bonchev–Trinajstić information content (AvgIpc) is 2.78. The van der Waals surface area contributed by atoms with Crippen molar-refractivity contribution in [3.63, 3.8) is 0 Å². The van der Waals surface area contributed by atoms with Gasteiger partial charge in [0, 0.05) is 4.75 Å². The molecule has 0 aliphatic carbocycles. The zero-order chi connectivity index (χ0) is 12.3. The summed E-state index contributed by atoms with van der Waals surface area (Å²) in [6.07, 6.45) is 1.91. The summed E-state index contributed by atoms with van der Waals surface area (Å²) in [5, 5.41) is 10.4. The standard InChI is InChI=1S/C14H20O2S/c1-3-16-12-7-5-11(6-8-12)13(15)14(2)9-4-10-17-14/h5-8,13,15H,3-4,9-10H2,1-2H3. The molecule has 1 saturated heterocycles. The molecule has 0 aromatic heterocycles. The van der Waals surface area contributed by atoms with Crippen molar-refractivity contribution in [1.82, 2.24) is 0 Å². The number of hydrogen-bond donors (Lipinski definition) is 1. The molecule has 1 aliphatic rings. The van der Waals surface area contributed by atoms with Gasteiger partial charge in [0.25, 0.3) is 0 Å². The van der Waals surface area contributed by atoms with Crippen LogP contribution >= 0.6 is 11.8 Å². The molecule has 1 aliphatic heterocycles. The zero-order valence-corrected chi connectivity index (χ0v) is 11.3. The minimum absolute atomic E-state index is 0.0207. The molecule has 2 nitrogen and oxygen atoms in total. The van der Waals surface area contributed by atoms with Crippen molar-refractivity contribution in [2.45, 2.75) is 37.5 Å². The van der Waals surface area contributed by atoms with Gasteiger partial charge in [-0.15, -0.1) is 0 Å². The van der Waals surface area contributed by atoms with Crippen molar-refractivity contribution in [1.29, 1.82) is 0 Å². The van der Waals surface area contributed by atoms with E-state index in [9.17, 15) is 5.11 Å². The minimum atomic E-state index is -0.384. The Bertz CT molecular complexity index is 355. The van der Waals surface area contributed by atoms with E-state index in [-0.39, 0.29) is 10.9 Å². The molecule has 2 unspecified atom stereocenters. The third-order valence-corrected chi connectivity index (χ3v) is 4.91. The second kappa shape index (κ2) is 5.32. The molecule has 0 bridgehead atoms. The lowest BCUT2D eigenvalue weighted by molar-refractivity contribution is 0.135. The maximum atomic E-state index is 10.4. The van der Waals surface area contributed by atoms with Gasteiger partial charge in [0.15, 0.2) is 0 Å². The number of rotatable bonds is 4. The zero-order valence-electron chi connectivity index (χ0n) is 10.5. The average molecular weight is 252 g/mol. The van der Waals surface area contributed by atoms with Crippen molar-refractivity contribution in [3.05, 3.63) is 29.8 Å². The predicted molar refractivity (Wildman–Crippen MR) is 72.7 cm³/mol. The Hall–Kier alpha value is -0.670. The summed E-state index contributed by atoms with van der Waals surface area (Å²) in [5.41, 5.74) is 0.991. The number of ether oxygens (including phenoxy) is 1. The lowest BCUT2D eigenvalue weighted by Crippen LogP contribution is -2.26. The van der Waals surface area contributed by atoms with E-state index in [1.165, 1.54) is 6.42 Å². The number of benzene rings is 1. The molecule has 0 radical (unpaired) electrons. The van der Waals surface area contributed by atoms with Gasteiger partial charge in [-0.2, -0.15) is 11.8 Å². The second-order valence-electron chi connectivity index (χ2n) is 4.67. The van der Waals surface area contributed by atoms with Crippen LogP contribution in [-0.4, -0.2) is 22.2 Å². The fourth-order valence-electron chi connectivity index (χ4n) is 2.28. The van der Waals surface area contributed by atoms with Crippen molar-refractivity contribution < 1.29 is 9.84 Å². The van der Waals surface area contributed by atoms with E-state index >= 15 is 0 Å². The first kappa shape index (κ1) is 12.8. The van der Waals surface area contributed by atoms with E-state index in [4.69, 9.17) is 4.74 Å². The van der Waals surface area contributed by atoms with Crippen LogP contribution in [0.2, 0.25) is 0 Å². The van der Waals surface area contributed by atoms with Gasteiger partial charge in [0.2, 0.25) is 0 Å². The van der Waals surface area contributed by atoms with Gasteiger partial charge in [0.05, 0.1) is 12.7 Å². The number of thioether (sulfide) groups is 1. The van der Waals surface area contributed by atoms with Gasteiger partial charge in [-0.1, -0.05) is 12.1 Å². The highest BCUT2D eigenvalue weighted by Crippen LogP contribution is 2.46. The molecule has 1 aromatic rings. The molecule has 17 heavy (non-hydrogen) atoms. The Labute approximate surface area is 107 Å². The van der Waals surface area contributed by atoms with Gasteiger partial charge in [0.1, 0.15) is 5.75 Å². The smallest absolute Gasteiger partial charge is 0.119 e. The van der Waals surface area contributed by atoms with E-state index in [1.807, 2.05) is 43.0 Å². The topological polar surface area (TPSA) is 29.5 Å². The van der Waals surface area contributed by atoms with Crippen molar-refractivity contribution in [2.75, 3.05) is 12.4 Å². The van der Waals surface area contributed by atoms with Gasteiger partial charge in [-0.3, -0.25) is 0 Å². The summed E-state index contributed by atoms with van der Waals surface area (Å²) in [6, 6.07) is 7.82. The van der Waals surface area contributed by atoms with Crippen LogP contribution in [0.5, 0.6) is 5.75 Å². The molecule has 94 valence electrons. The number of hydrogen-bond acceptors (Lipinski definition) is 3. The highest BCUT2D eigenvalue weighted by atomic mass is 32.2. The predicted octanol–water partition coefficient (Wildman–Crippen LogP) is 3.40. The molecule has 1 N–H and O–H groups in total. The maximum Gasteiger partial charge on any atom is 0.119 e. The summed E-state index contributed by atoms with van der Waals surface area (Å²) < 4.78 is 5.38. The van der Waals surface area contributed by atoms with E-state index in [2.05, 4.69) is 6.92 Å². The first-order valence-corrected chi connectivity index (χ1v) is 7.19. The quantitative estimate of drug-likeness (QED) is 0.890. The Balaban J connectivity index is 2.11. The largest absolute Gasteiger partial charge is 0.494 e. The molecule has 0 amide bonds. The molecular formula is C14H20O2S. The molecule has 2 rings (SSSR count). The fraction of sp³-hybridized carbons (Fsp3) is 0.571. The van der Waals surface area contributed by atoms with E-state index in [1.54, 1.807) is 0 Å². The van der Waals surface area contributed by atoms with Gasteiger partial charge >= 0.3 is 0 Å². The van der Waals surface area contributed by atoms with Crippen molar-refractivity contribution >= 4 is 11.8 Å². The van der Waals surface area contributed by atoms with Crippen LogP contribution in [0.15, 0.2) is 24.3 Å². The Morgan fingerprint density at radius 1 is 1.41 bits per heavy atom. The first-order chi connectivity index (χ1) is 8.15. The normalized spacial score (nSPS) is 25.8. The lowest BCUT2D eigenvalue weighted by Gasteiger charge is -2.29. The summed E-state index contributed by atoms with van der Waals surface area (Å²) in [6.45, 7) is 4.81. The van der Waals surface area contributed by atoms with Crippen LogP contribution in [-0.2, 0) is 0 Å². The van der Waals surface area contributed by atoms with Gasteiger partial charge in [-0.05, 0) is 50.1 Å². The molecule has 0 saturated carbocycles. The Morgan fingerprint density at radius 2 is 2.12 bits per heavy atom. The third-order valence-electron chi connectivity index (χ3n) is 3.33. The maximum absolute atomic E-state index is 10.4. The van der Waals surface area contributed by atoms with Crippen molar-refractivity contribution in [2.24, 2.45) is 0 Å². The Morgan fingerprint density at radius 3 is 2.65 bits per heavy atom. The SMILES string of the molecule is CCOc1ccc(C(O)C2(C)CCCS2)cc1. The minimum Gasteiger partial charge on any atom is -0.494 e. The highest BCUT2D eigenvalue weighted by Gasteiger charge is 2.37. The van der Waals surface area contributed by atoms with Gasteiger partial charge in [-0.25, -0.2) is 0 Å². The molecule has 1 aromatic carbocycles. The van der Waals surface area contributed by atoms with Crippen LogP contribution in [0.1, 0.15) is 38.4 Å². The van der Waals surface area contributed by atoms with Crippen LogP contribution in [0.3, 0.4) is 0 Å². The molecular weight excluding hydrogens is 232 g/mol. The monoisotopic (exact) mass is 252 g/mol. The summed E-state index contributed by atoms with van der Waals surface area (Å²) >= 11 is 1.88. The van der Waals surface area contributed by atoms with E-state index in [0.29, 0.717) is 6.61 Å². The highest BCUT2D eigenvalue weighted by molar-refractivity contribution is 8.00. The van der Waals surface area contributed by atoms with E-state index in [0.717, 1.165) is 23.5 Å². The third kappa shape index (κ3) is 2.78. The lowest BCUT2D eigenvalue weighted by atomic mass is 9.93. The van der Waals surface area contributed by atoms with Crippen molar-refractivity contribution in [3.8, 4) is 5.75 Å². The number of aliphatic hydroxyl groups is 1. The number of aliphatic hydroxyl groups excluding tert-OH is 1. The fourth-order valence-corrected chi connectivity index (χ4v) is 3.62. The molecule has 2 atom stereocenters. The molecule has 1 fully saturated rings. The molecule has 3 heteroatoms. The summed E-state index contributed by atoms with van der Waals surface area (Å²) in [4.78, 5) is 0. The van der Waals surface area contributed by atoms with Gasteiger partial charge < -0.3 is 9.84 Å². The molecule has 1 heterocycles. The Kier molecular flexibility index (Phi) is 4.00. The van der Waals surface area contributed by atoms with E-state index < -0.39 is 0 Å². The first-order valence-electron chi connectivity index (χ1n) is 6.20. The van der Waals surface area contributed by atoms with Crippen LogP contribution in [0, 0.1) is 0 Å². The summed E-state index contributed by atoms with van der Waals surface area (Å²) in [7, 11) is 0. The summed E-state index contributed by atoms with van der Waals surface area (Å²) in [5.74, 6) is 2.03. The second-order valence-corrected chi connectivity index (χ2v) is 6.30. The molecule has 0 spiro atoms. The van der Waals surface area contributed by atoms with Crippen LogP contribution < -0.4 is 4.74 Å². The van der Waals surface area contributed by atoms with Crippen LogP contribution in [0.4, 0.5) is 0 Å².